The second-order valence-corrected chi connectivity index (χ2v) is 6.81. The van der Waals surface area contributed by atoms with E-state index < -0.39 is 5.97 Å². The van der Waals surface area contributed by atoms with E-state index in [0.717, 1.165) is 14.5 Å². The molecule has 7 heteroatoms. The summed E-state index contributed by atoms with van der Waals surface area (Å²) in [6, 6.07) is 18.8. The molecule has 1 aromatic heterocycles. The summed E-state index contributed by atoms with van der Waals surface area (Å²) in [6.45, 7) is 0. The van der Waals surface area contributed by atoms with Crippen LogP contribution in [0.1, 0.15) is 10.5 Å². The average Bonchev–Trinajstić information content (AvgIpc) is 2.56. The highest BCUT2D eigenvalue weighted by Gasteiger charge is 2.07. The van der Waals surface area contributed by atoms with Crippen LogP contribution in [0, 0.1) is 4.77 Å². The van der Waals surface area contributed by atoms with E-state index in [4.69, 9.17) is 17.3 Å². The van der Waals surface area contributed by atoms with Gasteiger partial charge < -0.3 is 10.1 Å². The number of carboxylic acids is 1. The molecule has 0 bridgehead atoms. The van der Waals surface area contributed by atoms with Gasteiger partial charge in [-0.1, -0.05) is 62.2 Å². The fraction of sp³-hybridized carbons (Fsp3) is 0. The van der Waals surface area contributed by atoms with Crippen molar-refractivity contribution in [1.29, 1.82) is 0 Å². The van der Waals surface area contributed by atoms with Crippen molar-refractivity contribution in [3.05, 3.63) is 80.1 Å². The van der Waals surface area contributed by atoms with Gasteiger partial charge in [-0.2, -0.15) is 0 Å². The van der Waals surface area contributed by atoms with Crippen molar-refractivity contribution in [2.24, 2.45) is 0 Å². The fourth-order valence-electron chi connectivity index (χ4n) is 1.76. The number of H-pyrrole nitrogens is 1. The van der Waals surface area contributed by atoms with E-state index >= 15 is 0 Å². The first-order chi connectivity index (χ1) is 11.5. The Morgan fingerprint density at radius 3 is 2.08 bits per heavy atom. The van der Waals surface area contributed by atoms with Crippen LogP contribution in [-0.4, -0.2) is 21.0 Å². The van der Waals surface area contributed by atoms with E-state index in [0.29, 0.717) is 5.69 Å². The van der Waals surface area contributed by atoms with Crippen LogP contribution in [0.4, 0.5) is 0 Å². The van der Waals surface area contributed by atoms with E-state index in [1.54, 1.807) is 0 Å². The molecule has 0 saturated heterocycles. The van der Waals surface area contributed by atoms with Crippen LogP contribution in [0.2, 0.25) is 0 Å². The molecule has 2 aromatic carbocycles. The molecule has 0 amide bonds. The normalized spacial score (nSPS) is 9.75. The topological polar surface area (TPSA) is 66.0 Å². The molecule has 3 aromatic rings. The van der Waals surface area contributed by atoms with E-state index in [9.17, 15) is 4.79 Å². The summed E-state index contributed by atoms with van der Waals surface area (Å²) in [4.78, 5) is 17.5. The summed E-state index contributed by atoms with van der Waals surface area (Å²) < 4.78 is 2.23. The van der Waals surface area contributed by atoms with Crippen molar-refractivity contribution < 1.29 is 9.90 Å². The Kier molecular flexibility index (Phi) is 6.84. The molecule has 122 valence electrons. The third-order valence-corrected chi connectivity index (χ3v) is 4.10. The monoisotopic (exact) mass is 466 g/mol. The molecule has 0 atom stereocenters. The van der Waals surface area contributed by atoms with Crippen LogP contribution in [0.15, 0.2) is 69.6 Å². The number of hydrogen-bond acceptors (Lipinski definition) is 3. The van der Waals surface area contributed by atoms with Gasteiger partial charge in [0.1, 0.15) is 5.69 Å². The Balaban J connectivity index is 0.000000249. The van der Waals surface area contributed by atoms with Gasteiger partial charge >= 0.3 is 5.97 Å². The molecular formula is C17H12Br2N2O2S. The number of halogens is 2. The molecule has 0 fully saturated rings. The van der Waals surface area contributed by atoms with Gasteiger partial charge in [0.2, 0.25) is 0 Å². The van der Waals surface area contributed by atoms with E-state index in [2.05, 4.69) is 41.8 Å². The van der Waals surface area contributed by atoms with Gasteiger partial charge in [0.15, 0.2) is 4.77 Å². The molecule has 4 nitrogen and oxygen atoms in total. The molecule has 3 rings (SSSR count). The Bertz CT molecular complexity index is 881. The van der Waals surface area contributed by atoms with Crippen LogP contribution in [0.25, 0.3) is 11.3 Å². The lowest BCUT2D eigenvalue weighted by Crippen LogP contribution is -2.02. The molecule has 2 N–H and O–H groups in total. The van der Waals surface area contributed by atoms with Crippen LogP contribution in [0.3, 0.4) is 0 Å². The standard InChI is InChI=1S/C11H7BrN2O2S.C6H5Br/c12-7-3-1-6(2-4-7)8-5-9(10(15)16)14-11(17)13-8;7-6-4-2-1-3-5-6/h1-5H,(H,15,16)(H,13,14,17);1-5H. The van der Waals surface area contributed by atoms with Gasteiger partial charge in [0.25, 0.3) is 0 Å². The number of rotatable bonds is 2. The number of carbonyl (C=O) groups is 1. The quantitative estimate of drug-likeness (QED) is 0.473. The predicted octanol–water partition coefficient (Wildman–Crippen LogP) is 5.72. The molecule has 0 saturated carbocycles. The molecule has 0 aliphatic rings. The molecule has 24 heavy (non-hydrogen) atoms. The Morgan fingerprint density at radius 1 is 1.00 bits per heavy atom. The van der Waals surface area contributed by atoms with Crippen molar-refractivity contribution in [2.45, 2.75) is 0 Å². The second kappa shape index (κ2) is 8.86. The van der Waals surface area contributed by atoms with Crippen molar-refractivity contribution in [2.75, 3.05) is 0 Å². The first-order valence-corrected chi connectivity index (χ1v) is 8.76. The van der Waals surface area contributed by atoms with E-state index in [1.165, 1.54) is 6.07 Å². The zero-order valence-corrected chi connectivity index (χ0v) is 16.2. The zero-order valence-electron chi connectivity index (χ0n) is 12.2. The highest BCUT2D eigenvalue weighted by atomic mass is 79.9. The van der Waals surface area contributed by atoms with Gasteiger partial charge in [-0.15, -0.1) is 0 Å². The summed E-state index contributed by atoms with van der Waals surface area (Å²) >= 11 is 11.5. The largest absolute Gasteiger partial charge is 0.477 e. The number of benzene rings is 2. The minimum Gasteiger partial charge on any atom is -0.477 e. The zero-order chi connectivity index (χ0) is 17.5. The lowest BCUT2D eigenvalue weighted by atomic mass is 10.1. The average molecular weight is 468 g/mol. The third kappa shape index (κ3) is 5.67. The Morgan fingerprint density at radius 2 is 1.58 bits per heavy atom. The molecule has 0 unspecified atom stereocenters. The number of carboxylic acid groups (broad SMARTS) is 1. The molecular weight excluding hydrogens is 456 g/mol. The maximum absolute atomic E-state index is 10.9. The maximum atomic E-state index is 10.9. The van der Waals surface area contributed by atoms with Crippen molar-refractivity contribution >= 4 is 50.0 Å². The minimum absolute atomic E-state index is 0.0305. The van der Waals surface area contributed by atoms with Crippen LogP contribution >= 0.6 is 44.1 Å². The predicted molar refractivity (Wildman–Crippen MR) is 104 cm³/mol. The summed E-state index contributed by atoms with van der Waals surface area (Å²) in [6.07, 6.45) is 0. The lowest BCUT2D eigenvalue weighted by Gasteiger charge is -2.02. The second-order valence-electron chi connectivity index (χ2n) is 4.59. The fourth-order valence-corrected chi connectivity index (χ4v) is 2.53. The Labute approximate surface area is 160 Å². The summed E-state index contributed by atoms with van der Waals surface area (Å²) in [5.41, 5.74) is 1.39. The first kappa shape index (κ1) is 18.5. The highest BCUT2D eigenvalue weighted by Crippen LogP contribution is 2.20. The number of hydrogen-bond donors (Lipinski definition) is 2. The van der Waals surface area contributed by atoms with Gasteiger partial charge in [-0.05, 0) is 42.5 Å². The van der Waals surface area contributed by atoms with Crippen molar-refractivity contribution in [3.63, 3.8) is 0 Å². The molecule has 0 spiro atoms. The van der Waals surface area contributed by atoms with E-state index in [1.807, 2.05) is 54.6 Å². The van der Waals surface area contributed by atoms with Crippen LogP contribution < -0.4 is 0 Å². The lowest BCUT2D eigenvalue weighted by molar-refractivity contribution is 0.0690. The highest BCUT2D eigenvalue weighted by molar-refractivity contribution is 9.10. The smallest absolute Gasteiger partial charge is 0.352 e. The third-order valence-electron chi connectivity index (χ3n) is 2.85. The molecule has 1 heterocycles. The summed E-state index contributed by atoms with van der Waals surface area (Å²) in [7, 11) is 0. The van der Waals surface area contributed by atoms with E-state index in [-0.39, 0.29) is 10.5 Å². The maximum Gasteiger partial charge on any atom is 0.352 e. The number of aromatic carboxylic acids is 1. The van der Waals surface area contributed by atoms with Gasteiger partial charge in [-0.25, -0.2) is 9.78 Å². The van der Waals surface area contributed by atoms with Gasteiger partial charge in [0, 0.05) is 14.5 Å². The SMILES string of the molecule is Brc1ccccc1.O=C(O)c1cc(-c2ccc(Br)cc2)nc(=S)[nH]1. The number of nitrogens with zero attached hydrogens (tertiary/aromatic N) is 1. The van der Waals surface area contributed by atoms with Crippen molar-refractivity contribution in [3.8, 4) is 11.3 Å². The summed E-state index contributed by atoms with van der Waals surface area (Å²) in [5, 5.41) is 8.91. The Hall–Kier alpha value is -1.83. The first-order valence-electron chi connectivity index (χ1n) is 6.77. The van der Waals surface area contributed by atoms with Crippen LogP contribution in [-0.2, 0) is 0 Å². The number of nitrogens with one attached hydrogen (secondary N) is 1. The van der Waals surface area contributed by atoms with Crippen molar-refractivity contribution in [1.82, 2.24) is 9.97 Å². The number of aromatic amines is 1. The van der Waals surface area contributed by atoms with Gasteiger partial charge in [-0.3, -0.25) is 0 Å². The minimum atomic E-state index is -1.06. The summed E-state index contributed by atoms with van der Waals surface area (Å²) in [5.74, 6) is -1.06. The van der Waals surface area contributed by atoms with Gasteiger partial charge in [0.05, 0.1) is 5.69 Å². The molecule has 0 radical (unpaired) electrons. The van der Waals surface area contributed by atoms with Crippen LogP contribution in [0.5, 0.6) is 0 Å². The molecule has 0 aliphatic heterocycles. The molecule has 0 aliphatic carbocycles. The number of aromatic nitrogens is 2.